The number of pyridine rings is 1. The lowest BCUT2D eigenvalue weighted by atomic mass is 10.1. The number of nitrogens with zero attached hydrogens (tertiary/aromatic N) is 6. The molecule has 1 saturated heterocycles. The van der Waals surface area contributed by atoms with Crippen LogP contribution in [0.2, 0.25) is 0 Å². The SMILES string of the molecule is O=C(c1cc2nc(-c3ccc(F)cc3)cc(C(F)(F)C(F)(F)F)n2n1)N1CCN(Cc2cccnc2)CC1. The monoisotopic (exact) mass is 534 g/mol. The van der Waals surface area contributed by atoms with Crippen LogP contribution < -0.4 is 0 Å². The molecule has 3 aromatic heterocycles. The van der Waals surface area contributed by atoms with Crippen molar-refractivity contribution in [3.05, 3.63) is 83.7 Å². The molecule has 0 bridgehead atoms. The Kier molecular flexibility index (Phi) is 6.55. The number of rotatable bonds is 5. The standard InChI is InChI=1S/C25H20F6N6O/c26-18-5-3-17(4-6-18)19-12-21(24(27,28)25(29,30)31)37-22(33-19)13-20(34-37)23(38)36-10-8-35(9-11-36)15-16-2-1-7-32-14-16/h1-7,12-14H,8-11,15H2. The molecule has 5 rings (SSSR count). The summed E-state index contributed by atoms with van der Waals surface area (Å²) in [4.78, 5) is 24.9. The topological polar surface area (TPSA) is 66.6 Å². The highest BCUT2D eigenvalue weighted by Gasteiger charge is 2.60. The zero-order chi connectivity index (χ0) is 27.1. The fourth-order valence-electron chi connectivity index (χ4n) is 4.24. The molecule has 0 saturated carbocycles. The first kappa shape index (κ1) is 25.6. The predicted molar refractivity (Wildman–Crippen MR) is 124 cm³/mol. The Hall–Kier alpha value is -4.00. The quantitative estimate of drug-likeness (QED) is 0.352. The van der Waals surface area contributed by atoms with Crippen LogP contribution in [0.15, 0.2) is 60.9 Å². The van der Waals surface area contributed by atoms with Crippen LogP contribution in [-0.4, -0.2) is 67.6 Å². The number of halogens is 6. The second kappa shape index (κ2) is 9.71. The molecular weight excluding hydrogens is 514 g/mol. The molecule has 0 spiro atoms. The van der Waals surface area contributed by atoms with Crippen molar-refractivity contribution in [2.75, 3.05) is 26.2 Å². The summed E-state index contributed by atoms with van der Waals surface area (Å²) >= 11 is 0. The van der Waals surface area contributed by atoms with Crippen LogP contribution in [0.3, 0.4) is 0 Å². The number of hydrogen-bond acceptors (Lipinski definition) is 5. The Labute approximate surface area is 212 Å². The molecular formula is C25H20F6N6O. The van der Waals surface area contributed by atoms with E-state index >= 15 is 0 Å². The van der Waals surface area contributed by atoms with E-state index in [0.717, 1.165) is 23.8 Å². The van der Waals surface area contributed by atoms with Gasteiger partial charge < -0.3 is 4.90 Å². The molecule has 0 N–H and O–H groups in total. The molecule has 1 aliphatic rings. The Balaban J connectivity index is 1.44. The maximum atomic E-state index is 14.6. The van der Waals surface area contributed by atoms with Gasteiger partial charge in [-0.1, -0.05) is 6.07 Å². The first-order chi connectivity index (χ1) is 18.0. The first-order valence-electron chi connectivity index (χ1n) is 11.6. The summed E-state index contributed by atoms with van der Waals surface area (Å²) in [5.41, 5.74) is -1.31. The van der Waals surface area contributed by atoms with E-state index in [0.29, 0.717) is 43.3 Å². The van der Waals surface area contributed by atoms with Gasteiger partial charge in [-0.3, -0.25) is 14.7 Å². The van der Waals surface area contributed by atoms with E-state index in [4.69, 9.17) is 0 Å². The number of hydrogen-bond donors (Lipinski definition) is 0. The molecule has 4 heterocycles. The van der Waals surface area contributed by atoms with E-state index in [9.17, 15) is 31.1 Å². The zero-order valence-corrected chi connectivity index (χ0v) is 19.7. The zero-order valence-electron chi connectivity index (χ0n) is 19.7. The number of aromatic nitrogens is 4. The predicted octanol–water partition coefficient (Wildman–Crippen LogP) is 4.54. The summed E-state index contributed by atoms with van der Waals surface area (Å²) in [6.07, 6.45) is -2.51. The highest BCUT2D eigenvalue weighted by molar-refractivity contribution is 5.93. The summed E-state index contributed by atoms with van der Waals surface area (Å²) in [6.45, 7) is 2.31. The summed E-state index contributed by atoms with van der Waals surface area (Å²) in [5, 5.41) is 3.80. The molecule has 0 aliphatic carbocycles. The molecule has 198 valence electrons. The third-order valence-corrected chi connectivity index (χ3v) is 6.25. The van der Waals surface area contributed by atoms with Crippen LogP contribution in [-0.2, 0) is 12.5 Å². The molecule has 1 fully saturated rings. The van der Waals surface area contributed by atoms with Gasteiger partial charge in [0.15, 0.2) is 11.3 Å². The van der Waals surface area contributed by atoms with Crippen molar-refractivity contribution >= 4 is 11.6 Å². The molecule has 4 aromatic rings. The molecule has 13 heteroatoms. The number of alkyl halides is 5. The van der Waals surface area contributed by atoms with E-state index in [-0.39, 0.29) is 22.6 Å². The van der Waals surface area contributed by atoms with Crippen molar-refractivity contribution in [2.24, 2.45) is 0 Å². The lowest BCUT2D eigenvalue weighted by molar-refractivity contribution is -0.291. The normalized spacial score (nSPS) is 15.3. The van der Waals surface area contributed by atoms with E-state index in [1.54, 1.807) is 12.4 Å². The lowest BCUT2D eigenvalue weighted by Gasteiger charge is -2.34. The van der Waals surface area contributed by atoms with Crippen LogP contribution in [0.1, 0.15) is 21.7 Å². The average molecular weight is 534 g/mol. The molecule has 0 atom stereocenters. The van der Waals surface area contributed by atoms with Crippen molar-refractivity contribution < 1.29 is 31.1 Å². The third kappa shape index (κ3) is 4.93. The van der Waals surface area contributed by atoms with Gasteiger partial charge in [0.1, 0.15) is 11.5 Å². The van der Waals surface area contributed by atoms with Crippen LogP contribution in [0, 0.1) is 5.82 Å². The first-order valence-corrected chi connectivity index (χ1v) is 11.6. The Morgan fingerprint density at radius 2 is 1.66 bits per heavy atom. The number of amides is 1. The maximum absolute atomic E-state index is 14.6. The van der Waals surface area contributed by atoms with Gasteiger partial charge in [0.25, 0.3) is 5.91 Å². The fourth-order valence-corrected chi connectivity index (χ4v) is 4.24. The third-order valence-electron chi connectivity index (χ3n) is 6.25. The van der Waals surface area contributed by atoms with Crippen molar-refractivity contribution in [3.8, 4) is 11.3 Å². The number of piperazine rings is 1. The highest BCUT2D eigenvalue weighted by atomic mass is 19.4. The van der Waals surface area contributed by atoms with E-state index in [1.807, 2.05) is 12.1 Å². The van der Waals surface area contributed by atoms with Gasteiger partial charge in [0, 0.05) is 56.7 Å². The van der Waals surface area contributed by atoms with Crippen LogP contribution >= 0.6 is 0 Å². The number of fused-ring (bicyclic) bond motifs is 1. The van der Waals surface area contributed by atoms with Gasteiger partial charge in [-0.2, -0.15) is 27.1 Å². The number of benzene rings is 1. The van der Waals surface area contributed by atoms with Crippen molar-refractivity contribution in [3.63, 3.8) is 0 Å². The summed E-state index contributed by atoms with van der Waals surface area (Å²) < 4.78 is 82.8. The second-order valence-electron chi connectivity index (χ2n) is 8.83. The second-order valence-corrected chi connectivity index (χ2v) is 8.83. The molecule has 0 unspecified atom stereocenters. The minimum Gasteiger partial charge on any atom is -0.335 e. The molecule has 1 aliphatic heterocycles. The van der Waals surface area contributed by atoms with Gasteiger partial charge in [0.05, 0.1) is 5.69 Å². The summed E-state index contributed by atoms with van der Waals surface area (Å²) in [6, 6.07) is 9.85. The minimum absolute atomic E-state index is 0.118. The fraction of sp³-hybridized carbons (Fsp3) is 0.280. The summed E-state index contributed by atoms with van der Waals surface area (Å²) in [7, 11) is 0. The van der Waals surface area contributed by atoms with E-state index in [2.05, 4.69) is 20.0 Å². The van der Waals surface area contributed by atoms with Crippen LogP contribution in [0.25, 0.3) is 16.9 Å². The molecule has 1 amide bonds. The van der Waals surface area contributed by atoms with Crippen molar-refractivity contribution in [1.82, 2.24) is 29.4 Å². The van der Waals surface area contributed by atoms with Crippen LogP contribution in [0.5, 0.6) is 0 Å². The van der Waals surface area contributed by atoms with Gasteiger partial charge in [-0.05, 0) is 42.0 Å². The van der Waals surface area contributed by atoms with Gasteiger partial charge in [-0.15, -0.1) is 0 Å². The number of carbonyl (C=O) groups is 1. The molecule has 0 radical (unpaired) electrons. The Morgan fingerprint density at radius 3 is 2.29 bits per heavy atom. The van der Waals surface area contributed by atoms with Crippen molar-refractivity contribution in [1.29, 1.82) is 0 Å². The smallest absolute Gasteiger partial charge is 0.335 e. The Morgan fingerprint density at radius 1 is 0.947 bits per heavy atom. The van der Waals surface area contributed by atoms with Crippen molar-refractivity contribution in [2.45, 2.75) is 18.6 Å². The molecule has 7 nitrogen and oxygen atoms in total. The van der Waals surface area contributed by atoms with Gasteiger partial charge >= 0.3 is 12.1 Å². The Bertz CT molecular complexity index is 1450. The van der Waals surface area contributed by atoms with Gasteiger partial charge in [-0.25, -0.2) is 13.9 Å². The molecule has 38 heavy (non-hydrogen) atoms. The van der Waals surface area contributed by atoms with Gasteiger partial charge in [0.2, 0.25) is 0 Å². The highest BCUT2D eigenvalue weighted by Crippen LogP contribution is 2.44. The minimum atomic E-state index is -5.93. The largest absolute Gasteiger partial charge is 0.459 e. The van der Waals surface area contributed by atoms with Crippen LogP contribution in [0.4, 0.5) is 26.3 Å². The lowest BCUT2D eigenvalue weighted by Crippen LogP contribution is -2.48. The van der Waals surface area contributed by atoms with E-state index in [1.165, 1.54) is 17.0 Å². The maximum Gasteiger partial charge on any atom is 0.459 e. The molecule has 1 aromatic carbocycles. The average Bonchev–Trinajstić information content (AvgIpc) is 3.33. The number of carbonyl (C=O) groups excluding carboxylic acids is 1. The summed E-state index contributed by atoms with van der Waals surface area (Å²) in [5.74, 6) is -6.53. The van der Waals surface area contributed by atoms with E-state index < -0.39 is 29.5 Å².